The van der Waals surface area contributed by atoms with E-state index in [0.29, 0.717) is 6.42 Å². The van der Waals surface area contributed by atoms with Gasteiger partial charge in [0.05, 0.1) is 10.5 Å². The van der Waals surface area contributed by atoms with Crippen LogP contribution in [0.1, 0.15) is 36.5 Å². The molecule has 6 nitrogen and oxygen atoms in total. The highest BCUT2D eigenvalue weighted by Gasteiger charge is 2.22. The van der Waals surface area contributed by atoms with Gasteiger partial charge in [0.25, 0.3) is 0 Å². The van der Waals surface area contributed by atoms with E-state index in [9.17, 15) is 13.2 Å². The van der Waals surface area contributed by atoms with Crippen molar-refractivity contribution in [2.45, 2.75) is 31.1 Å². The van der Waals surface area contributed by atoms with Gasteiger partial charge in [-0.1, -0.05) is 19.8 Å². The second kappa shape index (κ2) is 6.53. The van der Waals surface area contributed by atoms with E-state index in [0.717, 1.165) is 18.9 Å². The van der Waals surface area contributed by atoms with Crippen LogP contribution in [0.15, 0.2) is 23.1 Å². The third kappa shape index (κ3) is 4.22. The number of carboxylic acids is 1. The molecule has 0 spiro atoms. The molecule has 0 aliphatic carbocycles. The Morgan fingerprint density at radius 1 is 1.37 bits per heavy atom. The molecule has 0 aliphatic rings. The van der Waals surface area contributed by atoms with Crippen molar-refractivity contribution in [3.63, 3.8) is 0 Å². The van der Waals surface area contributed by atoms with Gasteiger partial charge in [-0.25, -0.2) is 17.9 Å². The van der Waals surface area contributed by atoms with E-state index in [1.54, 1.807) is 0 Å². The fourth-order valence-corrected chi connectivity index (χ4v) is 2.90. The summed E-state index contributed by atoms with van der Waals surface area (Å²) in [7, 11) is -3.85. The lowest BCUT2D eigenvalue weighted by molar-refractivity contribution is 0.0692. The first-order valence-corrected chi connectivity index (χ1v) is 7.49. The van der Waals surface area contributed by atoms with Crippen LogP contribution in [0, 0.1) is 0 Å². The Morgan fingerprint density at radius 2 is 2.05 bits per heavy atom. The molecule has 7 heteroatoms. The third-order valence-corrected chi connectivity index (χ3v) is 4.10. The number of carbonyl (C=O) groups is 1. The maximum Gasteiger partial charge on any atom is 0.337 e. The van der Waals surface area contributed by atoms with Gasteiger partial charge in [0.1, 0.15) is 0 Å². The molecule has 0 heterocycles. The summed E-state index contributed by atoms with van der Waals surface area (Å²) in [5.41, 5.74) is 5.44. The van der Waals surface area contributed by atoms with Crippen molar-refractivity contribution >= 4 is 21.7 Å². The number of aromatic carboxylic acids is 1. The molecule has 0 amide bonds. The molecule has 0 unspecified atom stereocenters. The zero-order valence-corrected chi connectivity index (χ0v) is 11.5. The van der Waals surface area contributed by atoms with E-state index in [4.69, 9.17) is 10.8 Å². The van der Waals surface area contributed by atoms with Crippen LogP contribution >= 0.6 is 0 Å². The Morgan fingerprint density at radius 3 is 2.63 bits per heavy atom. The number of benzene rings is 1. The second-order valence-corrected chi connectivity index (χ2v) is 5.90. The van der Waals surface area contributed by atoms with Gasteiger partial charge >= 0.3 is 5.97 Å². The van der Waals surface area contributed by atoms with Crippen LogP contribution in [0.3, 0.4) is 0 Å². The van der Waals surface area contributed by atoms with Crippen molar-refractivity contribution in [3.8, 4) is 0 Å². The summed E-state index contributed by atoms with van der Waals surface area (Å²) < 4.78 is 26.5. The monoisotopic (exact) mass is 286 g/mol. The SMILES string of the molecule is CCCCCNS(=O)(=O)c1cc(N)ccc1C(=O)O. The van der Waals surface area contributed by atoms with Gasteiger partial charge in [-0.3, -0.25) is 0 Å². The van der Waals surface area contributed by atoms with Crippen LogP contribution in [0.2, 0.25) is 0 Å². The number of unbranched alkanes of at least 4 members (excludes halogenated alkanes) is 2. The number of nitrogens with one attached hydrogen (secondary N) is 1. The standard InChI is InChI=1S/C12H18N2O4S/c1-2-3-4-7-14-19(17,18)11-8-9(13)5-6-10(11)12(15)16/h5-6,8,14H,2-4,7,13H2,1H3,(H,15,16). The molecule has 0 saturated heterocycles. The van der Waals surface area contributed by atoms with Crippen LogP contribution in [0.5, 0.6) is 0 Å². The van der Waals surface area contributed by atoms with Crippen LogP contribution in [0.4, 0.5) is 5.69 Å². The molecule has 0 aliphatic heterocycles. The van der Waals surface area contributed by atoms with Gasteiger partial charge in [-0.2, -0.15) is 0 Å². The first kappa shape index (κ1) is 15.5. The smallest absolute Gasteiger partial charge is 0.337 e. The molecule has 1 aromatic rings. The summed E-state index contributed by atoms with van der Waals surface area (Å²) >= 11 is 0. The lowest BCUT2D eigenvalue weighted by Crippen LogP contribution is -2.26. The number of carboxylic acid groups (broad SMARTS) is 1. The van der Waals surface area contributed by atoms with E-state index in [1.807, 2.05) is 6.92 Å². The van der Waals surface area contributed by atoms with Gasteiger partial charge in [-0.15, -0.1) is 0 Å². The summed E-state index contributed by atoms with van der Waals surface area (Å²) in [6.07, 6.45) is 2.59. The van der Waals surface area contributed by atoms with Crippen molar-refractivity contribution < 1.29 is 18.3 Å². The Labute approximate surface area is 112 Å². The van der Waals surface area contributed by atoms with Crippen LogP contribution in [-0.2, 0) is 10.0 Å². The maximum absolute atomic E-state index is 12.0. The molecule has 106 valence electrons. The van der Waals surface area contributed by atoms with Crippen LogP contribution in [0.25, 0.3) is 0 Å². The Balaban J connectivity index is 3.00. The number of hydrogen-bond donors (Lipinski definition) is 3. The lowest BCUT2D eigenvalue weighted by atomic mass is 10.2. The molecule has 0 bridgehead atoms. The number of sulfonamides is 1. The van der Waals surface area contributed by atoms with E-state index in [2.05, 4.69) is 4.72 Å². The number of anilines is 1. The molecule has 0 saturated carbocycles. The molecule has 4 N–H and O–H groups in total. The zero-order valence-electron chi connectivity index (χ0n) is 10.7. The normalized spacial score (nSPS) is 11.4. The molecule has 0 atom stereocenters. The number of rotatable bonds is 7. The molecule has 0 aromatic heterocycles. The third-order valence-electron chi connectivity index (χ3n) is 2.60. The first-order chi connectivity index (χ1) is 8.88. The van der Waals surface area contributed by atoms with Gasteiger partial charge in [0.2, 0.25) is 10.0 Å². The van der Waals surface area contributed by atoms with Gasteiger partial charge in [0.15, 0.2) is 0 Å². The van der Waals surface area contributed by atoms with E-state index in [-0.39, 0.29) is 22.7 Å². The zero-order chi connectivity index (χ0) is 14.5. The molecular formula is C12H18N2O4S. The van der Waals surface area contributed by atoms with Gasteiger partial charge in [-0.05, 0) is 24.6 Å². The maximum atomic E-state index is 12.0. The largest absolute Gasteiger partial charge is 0.478 e. The summed E-state index contributed by atoms with van der Waals surface area (Å²) in [6.45, 7) is 2.29. The Bertz CT molecular complexity index is 555. The predicted octanol–water partition coefficient (Wildman–Crippen LogP) is 1.44. The molecule has 1 aromatic carbocycles. The topological polar surface area (TPSA) is 109 Å². The second-order valence-electron chi connectivity index (χ2n) is 4.17. The number of nitrogens with two attached hydrogens (primary N) is 1. The summed E-state index contributed by atoms with van der Waals surface area (Å²) in [4.78, 5) is 10.7. The summed E-state index contributed by atoms with van der Waals surface area (Å²) in [6, 6.07) is 3.71. The van der Waals surface area contributed by atoms with Crippen molar-refractivity contribution in [2.24, 2.45) is 0 Å². The van der Waals surface area contributed by atoms with Crippen molar-refractivity contribution in [2.75, 3.05) is 12.3 Å². The quantitative estimate of drug-likeness (QED) is 0.519. The van der Waals surface area contributed by atoms with Gasteiger partial charge in [0, 0.05) is 12.2 Å². The highest BCUT2D eigenvalue weighted by Crippen LogP contribution is 2.19. The number of nitrogen functional groups attached to an aromatic ring is 1. The average molecular weight is 286 g/mol. The van der Waals surface area contributed by atoms with Crippen molar-refractivity contribution in [1.29, 1.82) is 0 Å². The number of hydrogen-bond acceptors (Lipinski definition) is 4. The minimum absolute atomic E-state index is 0.207. The fraction of sp³-hybridized carbons (Fsp3) is 0.417. The van der Waals surface area contributed by atoms with Crippen molar-refractivity contribution in [3.05, 3.63) is 23.8 Å². The fourth-order valence-electron chi connectivity index (χ4n) is 1.60. The average Bonchev–Trinajstić information content (AvgIpc) is 2.34. The molecule has 19 heavy (non-hydrogen) atoms. The summed E-state index contributed by atoms with van der Waals surface area (Å²) in [5, 5.41) is 9.00. The Hall–Kier alpha value is -1.60. The minimum Gasteiger partial charge on any atom is -0.478 e. The Kier molecular flexibility index (Phi) is 5.31. The highest BCUT2D eigenvalue weighted by molar-refractivity contribution is 7.89. The molecule has 0 radical (unpaired) electrons. The highest BCUT2D eigenvalue weighted by atomic mass is 32.2. The van der Waals surface area contributed by atoms with Crippen molar-refractivity contribution in [1.82, 2.24) is 4.72 Å². The van der Waals surface area contributed by atoms with E-state index >= 15 is 0 Å². The summed E-state index contributed by atoms with van der Waals surface area (Å²) in [5.74, 6) is -1.30. The molecule has 0 fully saturated rings. The van der Waals surface area contributed by atoms with Crippen LogP contribution in [-0.4, -0.2) is 26.0 Å². The van der Waals surface area contributed by atoms with Gasteiger partial charge < -0.3 is 10.8 Å². The molecular weight excluding hydrogens is 268 g/mol. The lowest BCUT2D eigenvalue weighted by Gasteiger charge is -2.10. The predicted molar refractivity (Wildman–Crippen MR) is 72.5 cm³/mol. The van der Waals surface area contributed by atoms with E-state index < -0.39 is 16.0 Å². The first-order valence-electron chi connectivity index (χ1n) is 6.01. The van der Waals surface area contributed by atoms with Crippen LogP contribution < -0.4 is 10.5 Å². The molecule has 1 rings (SSSR count). The minimum atomic E-state index is -3.85. The van der Waals surface area contributed by atoms with E-state index in [1.165, 1.54) is 12.1 Å².